The predicted octanol–water partition coefficient (Wildman–Crippen LogP) is 4.09. The second-order valence-electron chi connectivity index (χ2n) is 4.19. The largest absolute Gasteiger partial charge is 0.490 e. The van der Waals surface area contributed by atoms with Crippen molar-refractivity contribution in [1.82, 2.24) is 0 Å². The van der Waals surface area contributed by atoms with E-state index in [4.69, 9.17) is 50.6 Å². The fourth-order valence-corrected chi connectivity index (χ4v) is 2.29. The maximum absolute atomic E-state index is 5.88. The molecule has 0 spiro atoms. The summed E-state index contributed by atoms with van der Waals surface area (Å²) < 4.78 is 11.1. The van der Waals surface area contributed by atoms with Crippen molar-refractivity contribution in [2.45, 2.75) is 0 Å². The Bertz CT molecular complexity index is 612. The fourth-order valence-electron chi connectivity index (χ4n) is 1.65. The topological polar surface area (TPSA) is 44.5 Å². The zero-order valence-corrected chi connectivity index (χ0v) is 13.3. The van der Waals surface area contributed by atoms with E-state index < -0.39 is 0 Å². The minimum Gasteiger partial charge on any atom is -0.490 e. The molecule has 21 heavy (non-hydrogen) atoms. The molecule has 0 atom stereocenters. The average Bonchev–Trinajstić information content (AvgIpc) is 2.43. The second-order valence-corrected chi connectivity index (χ2v) is 5.50. The van der Waals surface area contributed by atoms with Crippen molar-refractivity contribution in [2.24, 2.45) is 5.73 Å². The van der Waals surface area contributed by atoms with Gasteiger partial charge in [0, 0.05) is 15.6 Å². The van der Waals surface area contributed by atoms with Crippen LogP contribution < -0.4 is 15.2 Å². The van der Waals surface area contributed by atoms with Gasteiger partial charge in [-0.05, 0) is 42.5 Å². The van der Waals surface area contributed by atoms with Gasteiger partial charge in [0.25, 0.3) is 0 Å². The first-order valence-corrected chi connectivity index (χ1v) is 7.32. The molecule has 0 amide bonds. The van der Waals surface area contributed by atoms with E-state index in [1.165, 1.54) is 0 Å². The van der Waals surface area contributed by atoms with Gasteiger partial charge in [0.1, 0.15) is 29.7 Å². The summed E-state index contributed by atoms with van der Waals surface area (Å²) in [4.78, 5) is 0.364. The summed E-state index contributed by atoms with van der Waals surface area (Å²) in [6.07, 6.45) is 0. The zero-order chi connectivity index (χ0) is 15.2. The number of thiocarbonyl (C=S) groups is 1. The Hall–Kier alpha value is -1.49. The number of hydrogen-bond donors (Lipinski definition) is 1. The number of halogens is 2. The lowest BCUT2D eigenvalue weighted by Gasteiger charge is -2.09. The Morgan fingerprint density at radius 3 is 1.95 bits per heavy atom. The van der Waals surface area contributed by atoms with E-state index >= 15 is 0 Å². The van der Waals surface area contributed by atoms with Crippen LogP contribution in [0.3, 0.4) is 0 Å². The van der Waals surface area contributed by atoms with Gasteiger partial charge >= 0.3 is 0 Å². The van der Waals surface area contributed by atoms with Gasteiger partial charge in [0.15, 0.2) is 0 Å². The molecule has 0 aliphatic heterocycles. The molecule has 0 bridgehead atoms. The number of rotatable bonds is 6. The first-order chi connectivity index (χ1) is 10.0. The van der Waals surface area contributed by atoms with Gasteiger partial charge in [-0.15, -0.1) is 0 Å². The summed E-state index contributed by atoms with van der Waals surface area (Å²) in [6.45, 7) is 0.782. The lowest BCUT2D eigenvalue weighted by molar-refractivity contribution is 0.217. The van der Waals surface area contributed by atoms with Crippen LogP contribution in [-0.2, 0) is 0 Å². The number of nitrogens with two attached hydrogens (primary N) is 1. The quantitative estimate of drug-likeness (QED) is 0.634. The molecule has 2 rings (SSSR count). The van der Waals surface area contributed by atoms with Crippen molar-refractivity contribution < 1.29 is 9.47 Å². The first-order valence-electron chi connectivity index (χ1n) is 6.16. The molecule has 0 aromatic heterocycles. The maximum Gasteiger partial charge on any atom is 0.122 e. The maximum atomic E-state index is 5.88. The number of hydrogen-bond acceptors (Lipinski definition) is 3. The molecule has 0 radical (unpaired) electrons. The zero-order valence-electron chi connectivity index (χ0n) is 11.0. The minimum atomic E-state index is 0.364. The van der Waals surface area contributed by atoms with Crippen LogP contribution in [0, 0.1) is 0 Å². The molecule has 110 valence electrons. The van der Waals surface area contributed by atoms with Crippen molar-refractivity contribution in [3.63, 3.8) is 0 Å². The van der Waals surface area contributed by atoms with Crippen LogP contribution in [0.2, 0.25) is 10.0 Å². The van der Waals surface area contributed by atoms with E-state index in [1.54, 1.807) is 18.2 Å². The molecule has 0 saturated heterocycles. The molecule has 0 aliphatic rings. The fraction of sp³-hybridized carbons (Fsp3) is 0.133. The lowest BCUT2D eigenvalue weighted by Crippen LogP contribution is -2.10. The van der Waals surface area contributed by atoms with E-state index in [1.807, 2.05) is 24.3 Å². The van der Waals surface area contributed by atoms with E-state index in [0.717, 1.165) is 11.3 Å². The van der Waals surface area contributed by atoms with Crippen molar-refractivity contribution in [3.8, 4) is 11.5 Å². The Morgan fingerprint density at radius 2 is 1.43 bits per heavy atom. The van der Waals surface area contributed by atoms with Gasteiger partial charge in [-0.2, -0.15) is 0 Å². The van der Waals surface area contributed by atoms with E-state index in [2.05, 4.69) is 0 Å². The minimum absolute atomic E-state index is 0.364. The second kappa shape index (κ2) is 7.50. The van der Waals surface area contributed by atoms with Crippen LogP contribution in [0.25, 0.3) is 0 Å². The van der Waals surface area contributed by atoms with Crippen LogP contribution in [0.4, 0.5) is 0 Å². The summed E-state index contributed by atoms with van der Waals surface area (Å²) in [5, 5.41) is 1.07. The van der Waals surface area contributed by atoms with Gasteiger partial charge in [0.05, 0.1) is 0 Å². The van der Waals surface area contributed by atoms with Crippen molar-refractivity contribution in [3.05, 3.63) is 58.1 Å². The molecule has 0 fully saturated rings. The van der Waals surface area contributed by atoms with E-state index in [0.29, 0.717) is 34.0 Å². The molecular formula is C15H13Cl2NO2S. The van der Waals surface area contributed by atoms with Crippen LogP contribution in [0.5, 0.6) is 11.5 Å². The SMILES string of the molecule is NC(=S)c1ccc(OCCOc2cc(Cl)cc(Cl)c2)cc1. The highest BCUT2D eigenvalue weighted by Crippen LogP contribution is 2.24. The highest BCUT2D eigenvalue weighted by Gasteiger charge is 2.00. The molecule has 2 N–H and O–H groups in total. The smallest absolute Gasteiger partial charge is 0.122 e. The van der Waals surface area contributed by atoms with Crippen LogP contribution in [0.15, 0.2) is 42.5 Å². The summed E-state index contributed by atoms with van der Waals surface area (Å²) >= 11 is 16.6. The van der Waals surface area contributed by atoms with E-state index in [-0.39, 0.29) is 0 Å². The summed E-state index contributed by atoms with van der Waals surface area (Å²) in [5.74, 6) is 1.34. The first kappa shape index (κ1) is 15.9. The van der Waals surface area contributed by atoms with Crippen LogP contribution in [-0.4, -0.2) is 18.2 Å². The van der Waals surface area contributed by atoms with Gasteiger partial charge < -0.3 is 15.2 Å². The molecule has 2 aromatic rings. The van der Waals surface area contributed by atoms with Crippen molar-refractivity contribution >= 4 is 40.4 Å². The van der Waals surface area contributed by atoms with Crippen LogP contribution >= 0.6 is 35.4 Å². The number of ether oxygens (including phenoxy) is 2. The molecule has 0 unspecified atom stereocenters. The Morgan fingerprint density at radius 1 is 0.905 bits per heavy atom. The highest BCUT2D eigenvalue weighted by atomic mass is 35.5. The Kier molecular flexibility index (Phi) is 5.67. The van der Waals surface area contributed by atoms with Gasteiger partial charge in [-0.1, -0.05) is 35.4 Å². The van der Waals surface area contributed by atoms with Crippen molar-refractivity contribution in [1.29, 1.82) is 0 Å². The normalized spacial score (nSPS) is 10.2. The van der Waals surface area contributed by atoms with Gasteiger partial charge in [-0.3, -0.25) is 0 Å². The third-order valence-electron chi connectivity index (χ3n) is 2.60. The predicted molar refractivity (Wildman–Crippen MR) is 89.8 cm³/mol. The molecule has 3 nitrogen and oxygen atoms in total. The summed E-state index contributed by atoms with van der Waals surface area (Å²) in [7, 11) is 0. The third kappa shape index (κ3) is 5.08. The standard InChI is InChI=1S/C15H13Cl2NO2S/c16-11-7-12(17)9-14(8-11)20-6-5-19-13-3-1-10(2-4-13)15(18)21/h1-4,7-9H,5-6H2,(H2,18,21). The molecule has 6 heteroatoms. The molecule has 0 heterocycles. The third-order valence-corrected chi connectivity index (χ3v) is 3.27. The molecule has 2 aromatic carbocycles. The monoisotopic (exact) mass is 341 g/mol. The van der Waals surface area contributed by atoms with Gasteiger partial charge in [-0.25, -0.2) is 0 Å². The Balaban J connectivity index is 1.80. The van der Waals surface area contributed by atoms with Gasteiger partial charge in [0.2, 0.25) is 0 Å². The summed E-state index contributed by atoms with van der Waals surface area (Å²) in [6, 6.07) is 12.3. The highest BCUT2D eigenvalue weighted by molar-refractivity contribution is 7.80. The lowest BCUT2D eigenvalue weighted by atomic mass is 10.2. The average molecular weight is 342 g/mol. The van der Waals surface area contributed by atoms with Crippen LogP contribution in [0.1, 0.15) is 5.56 Å². The number of benzene rings is 2. The van der Waals surface area contributed by atoms with Crippen molar-refractivity contribution in [2.75, 3.05) is 13.2 Å². The summed E-state index contributed by atoms with van der Waals surface area (Å²) in [5.41, 5.74) is 6.33. The molecular weight excluding hydrogens is 329 g/mol. The molecule has 0 saturated carbocycles. The Labute approximate surface area is 138 Å². The van der Waals surface area contributed by atoms with E-state index in [9.17, 15) is 0 Å². The molecule has 0 aliphatic carbocycles.